The number of amides is 1. The molecule has 4 heteroatoms. The summed E-state index contributed by atoms with van der Waals surface area (Å²) in [4.78, 5) is 14.2. The van der Waals surface area contributed by atoms with E-state index in [1.807, 2.05) is 4.90 Å². The smallest absolute Gasteiger partial charge is 0.253 e. The lowest BCUT2D eigenvalue weighted by molar-refractivity contribution is 0.0671. The third-order valence-corrected chi connectivity index (χ3v) is 3.63. The summed E-state index contributed by atoms with van der Waals surface area (Å²) < 4.78 is 0. The minimum atomic E-state index is 0.00479. The number of aromatic hydroxyl groups is 1. The Kier molecular flexibility index (Phi) is 4.48. The molecule has 1 saturated heterocycles. The van der Waals surface area contributed by atoms with Crippen LogP contribution < -0.4 is 0 Å². The van der Waals surface area contributed by atoms with Gasteiger partial charge in [0.1, 0.15) is 5.75 Å². The van der Waals surface area contributed by atoms with Gasteiger partial charge in [0.25, 0.3) is 5.91 Å². The first-order valence-corrected chi connectivity index (χ1v) is 6.88. The fourth-order valence-corrected chi connectivity index (χ4v) is 2.77. The molecule has 0 saturated carbocycles. The Morgan fingerprint density at radius 2 is 2.33 bits per heavy atom. The second kappa shape index (κ2) is 6.10. The van der Waals surface area contributed by atoms with Crippen LogP contribution in [0.1, 0.15) is 29.6 Å². The average molecular weight is 268 g/mol. The van der Waals surface area contributed by atoms with Crippen molar-refractivity contribution in [2.24, 2.45) is 5.92 Å². The zero-order chi connectivity index (χ0) is 13.0. The topological polar surface area (TPSA) is 40.5 Å². The van der Waals surface area contributed by atoms with E-state index in [4.69, 9.17) is 11.6 Å². The van der Waals surface area contributed by atoms with E-state index in [2.05, 4.69) is 0 Å². The third-order valence-electron chi connectivity index (χ3n) is 3.42. The molecule has 1 heterocycles. The predicted octanol–water partition coefficient (Wildman–Crippen LogP) is 2.87. The summed E-state index contributed by atoms with van der Waals surface area (Å²) in [5, 5.41) is 9.41. The van der Waals surface area contributed by atoms with Crippen molar-refractivity contribution in [1.82, 2.24) is 4.90 Å². The van der Waals surface area contributed by atoms with Gasteiger partial charge in [-0.15, -0.1) is 11.6 Å². The quantitative estimate of drug-likeness (QED) is 0.856. The number of phenolic OH excluding ortho intramolecular Hbond substituents is 1. The first-order chi connectivity index (χ1) is 8.70. The Morgan fingerprint density at radius 3 is 3.06 bits per heavy atom. The van der Waals surface area contributed by atoms with Gasteiger partial charge in [0.15, 0.2) is 0 Å². The van der Waals surface area contributed by atoms with Crippen LogP contribution in [0.5, 0.6) is 5.75 Å². The molecule has 1 atom stereocenters. The number of hydrogen-bond acceptors (Lipinski definition) is 2. The van der Waals surface area contributed by atoms with Crippen molar-refractivity contribution in [1.29, 1.82) is 0 Å². The van der Waals surface area contributed by atoms with E-state index in [0.29, 0.717) is 17.4 Å². The molecule has 1 amide bonds. The third kappa shape index (κ3) is 3.16. The average Bonchev–Trinajstić information content (AvgIpc) is 2.39. The maximum Gasteiger partial charge on any atom is 0.253 e. The standard InChI is InChI=1S/C14H18ClNO2/c15-7-6-11-3-2-8-16(10-11)14(18)12-4-1-5-13(17)9-12/h1,4-5,9,11,17H,2-3,6-8,10H2. The molecule has 0 aliphatic carbocycles. The van der Waals surface area contributed by atoms with E-state index in [-0.39, 0.29) is 11.7 Å². The first-order valence-electron chi connectivity index (χ1n) is 6.35. The Balaban J connectivity index is 2.04. The molecule has 3 nitrogen and oxygen atoms in total. The zero-order valence-corrected chi connectivity index (χ0v) is 11.1. The van der Waals surface area contributed by atoms with Gasteiger partial charge < -0.3 is 10.0 Å². The van der Waals surface area contributed by atoms with Crippen LogP contribution in [-0.2, 0) is 0 Å². The van der Waals surface area contributed by atoms with Gasteiger partial charge >= 0.3 is 0 Å². The number of phenols is 1. The summed E-state index contributed by atoms with van der Waals surface area (Å²) in [6, 6.07) is 6.53. The van der Waals surface area contributed by atoms with Crippen molar-refractivity contribution in [3.8, 4) is 5.75 Å². The molecule has 1 fully saturated rings. The highest BCUT2D eigenvalue weighted by Crippen LogP contribution is 2.22. The first kappa shape index (κ1) is 13.2. The van der Waals surface area contributed by atoms with Gasteiger partial charge in [-0.1, -0.05) is 6.07 Å². The zero-order valence-electron chi connectivity index (χ0n) is 10.3. The summed E-state index contributed by atoms with van der Waals surface area (Å²) in [7, 11) is 0. The molecule has 0 radical (unpaired) electrons. The number of rotatable bonds is 3. The second-order valence-corrected chi connectivity index (χ2v) is 5.17. The molecule has 1 N–H and O–H groups in total. The molecule has 0 aromatic heterocycles. The van der Waals surface area contributed by atoms with Crippen molar-refractivity contribution >= 4 is 17.5 Å². The van der Waals surface area contributed by atoms with Crippen LogP contribution in [-0.4, -0.2) is 34.9 Å². The van der Waals surface area contributed by atoms with Crippen LogP contribution in [0.4, 0.5) is 0 Å². The Hall–Kier alpha value is -1.22. The SMILES string of the molecule is O=C(c1cccc(O)c1)N1CCCC(CCCl)C1. The molecule has 0 spiro atoms. The van der Waals surface area contributed by atoms with Gasteiger partial charge in [-0.2, -0.15) is 0 Å². The summed E-state index contributed by atoms with van der Waals surface area (Å²) in [6.45, 7) is 1.58. The highest BCUT2D eigenvalue weighted by atomic mass is 35.5. The van der Waals surface area contributed by atoms with Crippen molar-refractivity contribution in [3.05, 3.63) is 29.8 Å². The summed E-state index contributed by atoms with van der Waals surface area (Å²) in [5.41, 5.74) is 0.557. The van der Waals surface area contributed by atoms with Crippen molar-refractivity contribution in [2.75, 3.05) is 19.0 Å². The van der Waals surface area contributed by atoms with Crippen molar-refractivity contribution in [3.63, 3.8) is 0 Å². The van der Waals surface area contributed by atoms with Gasteiger partial charge in [0.05, 0.1) is 0 Å². The number of carbonyl (C=O) groups excluding carboxylic acids is 1. The van der Waals surface area contributed by atoms with Crippen LogP contribution in [0.25, 0.3) is 0 Å². The minimum Gasteiger partial charge on any atom is -0.508 e. The van der Waals surface area contributed by atoms with Gasteiger partial charge in [-0.3, -0.25) is 4.79 Å². The van der Waals surface area contributed by atoms with E-state index in [1.165, 1.54) is 6.07 Å². The molecule has 0 bridgehead atoms. The van der Waals surface area contributed by atoms with Crippen molar-refractivity contribution in [2.45, 2.75) is 19.3 Å². The number of nitrogens with zero attached hydrogens (tertiary/aromatic N) is 1. The van der Waals surface area contributed by atoms with Crippen LogP contribution >= 0.6 is 11.6 Å². The maximum absolute atomic E-state index is 12.3. The lowest BCUT2D eigenvalue weighted by Crippen LogP contribution is -2.40. The number of benzene rings is 1. The highest BCUT2D eigenvalue weighted by molar-refractivity contribution is 6.17. The Labute approximate surface area is 112 Å². The summed E-state index contributed by atoms with van der Waals surface area (Å²) in [5.74, 6) is 1.30. The molecule has 1 aliphatic rings. The van der Waals surface area contributed by atoms with Crippen LogP contribution in [0.2, 0.25) is 0 Å². The predicted molar refractivity (Wildman–Crippen MR) is 72.1 cm³/mol. The van der Waals surface area contributed by atoms with Gasteiger partial charge in [-0.05, 0) is 43.4 Å². The van der Waals surface area contributed by atoms with Crippen LogP contribution in [0, 0.1) is 5.92 Å². The molecule has 1 aromatic carbocycles. The molecular formula is C14H18ClNO2. The molecule has 1 aromatic rings. The lowest BCUT2D eigenvalue weighted by atomic mass is 9.95. The molecule has 98 valence electrons. The van der Waals surface area contributed by atoms with E-state index in [1.54, 1.807) is 18.2 Å². The number of halogens is 1. The fraction of sp³-hybridized carbons (Fsp3) is 0.500. The maximum atomic E-state index is 12.3. The van der Waals surface area contributed by atoms with Crippen molar-refractivity contribution < 1.29 is 9.90 Å². The Morgan fingerprint density at radius 1 is 1.50 bits per heavy atom. The number of carbonyl (C=O) groups is 1. The van der Waals surface area contributed by atoms with Crippen LogP contribution in [0.15, 0.2) is 24.3 Å². The van der Waals surface area contributed by atoms with Gasteiger partial charge in [0.2, 0.25) is 0 Å². The van der Waals surface area contributed by atoms with E-state index in [9.17, 15) is 9.90 Å². The van der Waals surface area contributed by atoms with Crippen LogP contribution in [0.3, 0.4) is 0 Å². The normalized spacial score (nSPS) is 19.8. The van der Waals surface area contributed by atoms with E-state index < -0.39 is 0 Å². The summed E-state index contributed by atoms with van der Waals surface area (Å²) in [6.07, 6.45) is 3.15. The molecule has 1 aliphatic heterocycles. The van der Waals surface area contributed by atoms with Gasteiger partial charge in [0, 0.05) is 24.5 Å². The second-order valence-electron chi connectivity index (χ2n) is 4.79. The number of hydrogen-bond donors (Lipinski definition) is 1. The minimum absolute atomic E-state index is 0.00479. The van der Waals surface area contributed by atoms with Gasteiger partial charge in [-0.25, -0.2) is 0 Å². The monoisotopic (exact) mass is 267 g/mol. The largest absolute Gasteiger partial charge is 0.508 e. The Bertz CT molecular complexity index is 420. The molecule has 1 unspecified atom stereocenters. The molecular weight excluding hydrogens is 250 g/mol. The highest BCUT2D eigenvalue weighted by Gasteiger charge is 2.24. The van der Waals surface area contributed by atoms with E-state index in [0.717, 1.165) is 32.4 Å². The van der Waals surface area contributed by atoms with E-state index >= 15 is 0 Å². The number of likely N-dealkylation sites (tertiary alicyclic amines) is 1. The fourth-order valence-electron chi connectivity index (χ4n) is 2.46. The lowest BCUT2D eigenvalue weighted by Gasteiger charge is -2.32. The molecule has 2 rings (SSSR count). The molecule has 18 heavy (non-hydrogen) atoms. The summed E-state index contributed by atoms with van der Waals surface area (Å²) >= 11 is 5.76. The number of alkyl halides is 1. The number of piperidine rings is 1.